The molecule has 1 aliphatic carbocycles. The molecule has 1 aromatic carbocycles. The van der Waals surface area contributed by atoms with Gasteiger partial charge in [-0.3, -0.25) is 0 Å². The Bertz CT molecular complexity index is 706. The number of thiocarbonyl (C=S) groups is 1. The van der Waals surface area contributed by atoms with Crippen LogP contribution in [0.3, 0.4) is 0 Å². The fraction of sp³-hybridized carbons (Fsp3) is 0.562. The first-order chi connectivity index (χ1) is 10.9. The zero-order valence-corrected chi connectivity index (χ0v) is 15.2. The topological polar surface area (TPSA) is 52.7 Å². The molecule has 0 atom stereocenters. The molecule has 1 saturated carbocycles. The van der Waals surface area contributed by atoms with Gasteiger partial charge in [0.05, 0.1) is 4.90 Å². The van der Waals surface area contributed by atoms with E-state index in [0.717, 1.165) is 16.2 Å². The SMILES string of the molecule is Cc1ccc(S(=O)(=O)N2CCN(C(=S)NC3CC3)CC2)cc1C. The molecule has 126 valence electrons. The average Bonchev–Trinajstić information content (AvgIpc) is 3.34. The third kappa shape index (κ3) is 3.67. The van der Waals surface area contributed by atoms with Gasteiger partial charge in [0, 0.05) is 32.2 Å². The van der Waals surface area contributed by atoms with Crippen LogP contribution in [0.4, 0.5) is 0 Å². The van der Waals surface area contributed by atoms with E-state index >= 15 is 0 Å². The highest BCUT2D eigenvalue weighted by Crippen LogP contribution is 2.22. The van der Waals surface area contributed by atoms with Gasteiger partial charge in [-0.1, -0.05) is 6.07 Å². The van der Waals surface area contributed by atoms with E-state index in [9.17, 15) is 8.42 Å². The summed E-state index contributed by atoms with van der Waals surface area (Å²) < 4.78 is 27.1. The highest BCUT2D eigenvalue weighted by atomic mass is 32.2. The summed E-state index contributed by atoms with van der Waals surface area (Å²) in [4.78, 5) is 2.45. The van der Waals surface area contributed by atoms with E-state index in [4.69, 9.17) is 12.2 Å². The lowest BCUT2D eigenvalue weighted by Gasteiger charge is -2.35. The molecule has 1 saturated heterocycles. The van der Waals surface area contributed by atoms with Crippen molar-refractivity contribution in [2.75, 3.05) is 26.2 Å². The molecule has 0 radical (unpaired) electrons. The van der Waals surface area contributed by atoms with Crippen molar-refractivity contribution in [3.05, 3.63) is 29.3 Å². The first-order valence-electron chi connectivity index (χ1n) is 8.01. The van der Waals surface area contributed by atoms with Crippen molar-refractivity contribution >= 4 is 27.4 Å². The van der Waals surface area contributed by atoms with E-state index in [1.165, 1.54) is 12.8 Å². The van der Waals surface area contributed by atoms with Crippen LogP contribution in [0, 0.1) is 13.8 Å². The molecule has 1 aromatic rings. The van der Waals surface area contributed by atoms with Gasteiger partial charge in [0.1, 0.15) is 0 Å². The molecule has 23 heavy (non-hydrogen) atoms. The Labute approximate surface area is 143 Å². The van der Waals surface area contributed by atoms with Crippen molar-refractivity contribution in [1.82, 2.24) is 14.5 Å². The minimum absolute atomic E-state index is 0.382. The van der Waals surface area contributed by atoms with Crippen molar-refractivity contribution in [3.63, 3.8) is 0 Å². The second-order valence-electron chi connectivity index (χ2n) is 6.36. The molecule has 0 bridgehead atoms. The molecule has 1 aliphatic heterocycles. The molecule has 1 N–H and O–H groups in total. The summed E-state index contributed by atoms with van der Waals surface area (Å²) in [6.07, 6.45) is 2.36. The van der Waals surface area contributed by atoms with Gasteiger partial charge in [0.15, 0.2) is 5.11 Å². The van der Waals surface area contributed by atoms with Crippen LogP contribution in [-0.2, 0) is 10.0 Å². The fourth-order valence-corrected chi connectivity index (χ4v) is 4.51. The lowest BCUT2D eigenvalue weighted by atomic mass is 10.1. The Morgan fingerprint density at radius 1 is 1.13 bits per heavy atom. The van der Waals surface area contributed by atoms with Gasteiger partial charge in [-0.05, 0) is 62.2 Å². The smallest absolute Gasteiger partial charge is 0.243 e. The zero-order valence-electron chi connectivity index (χ0n) is 13.6. The zero-order chi connectivity index (χ0) is 16.6. The van der Waals surface area contributed by atoms with Crippen molar-refractivity contribution in [2.45, 2.75) is 37.6 Å². The summed E-state index contributed by atoms with van der Waals surface area (Å²) in [6.45, 7) is 6.15. The predicted molar refractivity (Wildman–Crippen MR) is 95.0 cm³/mol. The highest BCUT2D eigenvalue weighted by molar-refractivity contribution is 7.89. The molecule has 2 aliphatic rings. The van der Waals surface area contributed by atoms with E-state index in [-0.39, 0.29) is 0 Å². The number of aryl methyl sites for hydroxylation is 2. The van der Waals surface area contributed by atoms with Crippen LogP contribution in [0.2, 0.25) is 0 Å². The van der Waals surface area contributed by atoms with Crippen molar-refractivity contribution in [3.8, 4) is 0 Å². The van der Waals surface area contributed by atoms with Crippen molar-refractivity contribution in [1.29, 1.82) is 0 Å². The Hall–Kier alpha value is -1.18. The molecule has 1 heterocycles. The van der Waals surface area contributed by atoms with E-state index in [1.807, 2.05) is 19.9 Å². The third-order valence-electron chi connectivity index (χ3n) is 4.55. The fourth-order valence-electron chi connectivity index (χ4n) is 2.65. The van der Waals surface area contributed by atoms with Crippen LogP contribution >= 0.6 is 12.2 Å². The van der Waals surface area contributed by atoms with Gasteiger partial charge < -0.3 is 10.2 Å². The van der Waals surface area contributed by atoms with Crippen LogP contribution in [0.5, 0.6) is 0 Å². The first-order valence-corrected chi connectivity index (χ1v) is 9.85. The number of hydrogen-bond acceptors (Lipinski definition) is 3. The molecule has 0 amide bonds. The van der Waals surface area contributed by atoms with E-state index in [1.54, 1.807) is 16.4 Å². The maximum absolute atomic E-state index is 12.8. The third-order valence-corrected chi connectivity index (χ3v) is 6.82. The van der Waals surface area contributed by atoms with Gasteiger partial charge in [-0.15, -0.1) is 0 Å². The number of nitrogens with one attached hydrogen (secondary N) is 1. The summed E-state index contributed by atoms with van der Waals surface area (Å²) in [5.41, 5.74) is 2.10. The monoisotopic (exact) mass is 353 g/mol. The number of benzene rings is 1. The molecule has 0 unspecified atom stereocenters. The molecule has 5 nitrogen and oxygen atoms in total. The Kier molecular flexibility index (Phi) is 4.62. The standard InChI is InChI=1S/C16H23N3O2S2/c1-12-3-6-15(11-13(12)2)23(20,21)19-9-7-18(8-10-19)16(22)17-14-4-5-14/h3,6,11,14H,4-5,7-10H2,1-2H3,(H,17,22). The first kappa shape index (κ1) is 16.7. The maximum Gasteiger partial charge on any atom is 0.243 e. The minimum atomic E-state index is -3.42. The molecule has 7 heteroatoms. The summed E-state index contributed by atoms with van der Waals surface area (Å²) in [6, 6.07) is 5.85. The second kappa shape index (κ2) is 6.37. The van der Waals surface area contributed by atoms with Gasteiger partial charge in [-0.25, -0.2) is 8.42 Å². The van der Waals surface area contributed by atoms with Crippen LogP contribution < -0.4 is 5.32 Å². The molecule has 2 fully saturated rings. The van der Waals surface area contributed by atoms with Crippen LogP contribution in [0.15, 0.2) is 23.1 Å². The van der Waals surface area contributed by atoms with Crippen LogP contribution in [0.25, 0.3) is 0 Å². The lowest BCUT2D eigenvalue weighted by Crippen LogP contribution is -2.53. The number of hydrogen-bond donors (Lipinski definition) is 1. The average molecular weight is 354 g/mol. The Morgan fingerprint density at radius 3 is 2.35 bits per heavy atom. The van der Waals surface area contributed by atoms with Crippen LogP contribution in [0.1, 0.15) is 24.0 Å². The number of rotatable bonds is 3. The Balaban J connectivity index is 1.65. The van der Waals surface area contributed by atoms with E-state index in [2.05, 4.69) is 10.2 Å². The Morgan fingerprint density at radius 2 is 1.78 bits per heavy atom. The molecular weight excluding hydrogens is 330 g/mol. The molecule has 3 rings (SSSR count). The van der Waals surface area contributed by atoms with E-state index in [0.29, 0.717) is 37.1 Å². The summed E-state index contributed by atoms with van der Waals surface area (Å²) in [5, 5.41) is 4.07. The van der Waals surface area contributed by atoms with Crippen LogP contribution in [-0.4, -0.2) is 55.0 Å². The van der Waals surface area contributed by atoms with Gasteiger partial charge in [-0.2, -0.15) is 4.31 Å². The minimum Gasteiger partial charge on any atom is -0.360 e. The van der Waals surface area contributed by atoms with Crippen molar-refractivity contribution < 1.29 is 8.42 Å². The second-order valence-corrected chi connectivity index (χ2v) is 8.69. The quantitative estimate of drug-likeness (QED) is 0.838. The molecule has 0 aromatic heterocycles. The predicted octanol–water partition coefficient (Wildman–Crippen LogP) is 1.65. The number of piperazine rings is 1. The van der Waals surface area contributed by atoms with Gasteiger partial charge in [0.25, 0.3) is 0 Å². The normalized spacial score (nSPS) is 19.7. The summed E-state index contributed by atoms with van der Waals surface area (Å²) in [5.74, 6) is 0. The van der Waals surface area contributed by atoms with Crippen molar-refractivity contribution in [2.24, 2.45) is 0 Å². The molecular formula is C16H23N3O2S2. The number of sulfonamides is 1. The summed E-state index contributed by atoms with van der Waals surface area (Å²) >= 11 is 5.39. The number of nitrogens with zero attached hydrogens (tertiary/aromatic N) is 2. The largest absolute Gasteiger partial charge is 0.360 e. The maximum atomic E-state index is 12.8. The lowest BCUT2D eigenvalue weighted by molar-refractivity contribution is 0.264. The van der Waals surface area contributed by atoms with Gasteiger partial charge in [0.2, 0.25) is 10.0 Å². The summed E-state index contributed by atoms with van der Waals surface area (Å²) in [7, 11) is -3.42. The van der Waals surface area contributed by atoms with Gasteiger partial charge >= 0.3 is 0 Å². The highest BCUT2D eigenvalue weighted by Gasteiger charge is 2.30. The molecule has 0 spiro atoms. The van der Waals surface area contributed by atoms with E-state index < -0.39 is 10.0 Å².